The Morgan fingerprint density at radius 2 is 1.75 bits per heavy atom. The van der Waals surface area contributed by atoms with Crippen LogP contribution in [0.3, 0.4) is 0 Å². The van der Waals surface area contributed by atoms with Crippen molar-refractivity contribution < 1.29 is 0 Å². The van der Waals surface area contributed by atoms with Crippen molar-refractivity contribution >= 4 is 5.82 Å². The summed E-state index contributed by atoms with van der Waals surface area (Å²) < 4.78 is 0. The van der Waals surface area contributed by atoms with Gasteiger partial charge in [-0.2, -0.15) is 5.26 Å². The van der Waals surface area contributed by atoms with E-state index in [0.29, 0.717) is 5.56 Å². The minimum absolute atomic E-state index is 0.710. The van der Waals surface area contributed by atoms with Crippen LogP contribution in [-0.2, 0) is 13.1 Å². The van der Waals surface area contributed by atoms with Crippen LogP contribution in [0.15, 0.2) is 42.6 Å². The summed E-state index contributed by atoms with van der Waals surface area (Å²) in [4.78, 5) is 6.97. The molecular formula is C20H24N4. The maximum absolute atomic E-state index is 8.96. The molecule has 1 aromatic carbocycles. The van der Waals surface area contributed by atoms with E-state index >= 15 is 0 Å². The molecule has 0 aliphatic carbocycles. The van der Waals surface area contributed by atoms with Crippen LogP contribution >= 0.6 is 0 Å². The van der Waals surface area contributed by atoms with Gasteiger partial charge in [0.2, 0.25) is 0 Å². The van der Waals surface area contributed by atoms with Crippen molar-refractivity contribution in [2.24, 2.45) is 0 Å². The number of pyridine rings is 1. The van der Waals surface area contributed by atoms with E-state index in [1.54, 1.807) is 0 Å². The second kappa shape index (κ2) is 8.47. The Bertz CT molecular complexity index is 697. The molecule has 0 spiro atoms. The van der Waals surface area contributed by atoms with Gasteiger partial charge in [-0.25, -0.2) is 4.98 Å². The lowest BCUT2D eigenvalue weighted by Gasteiger charge is -2.21. The maximum Gasteiger partial charge on any atom is 0.128 e. The topological polar surface area (TPSA) is 52.0 Å². The molecule has 3 rings (SSSR count). The van der Waals surface area contributed by atoms with Crippen molar-refractivity contribution in [3.63, 3.8) is 0 Å². The predicted octanol–water partition coefficient (Wildman–Crippen LogP) is 3.62. The van der Waals surface area contributed by atoms with Gasteiger partial charge < -0.3 is 10.2 Å². The molecule has 0 saturated carbocycles. The summed E-state index contributed by atoms with van der Waals surface area (Å²) in [6.07, 6.45) is 7.10. The van der Waals surface area contributed by atoms with Gasteiger partial charge in [0.1, 0.15) is 5.82 Å². The molecular weight excluding hydrogens is 296 g/mol. The van der Waals surface area contributed by atoms with Crippen LogP contribution in [0.25, 0.3) is 0 Å². The van der Waals surface area contributed by atoms with E-state index in [1.807, 2.05) is 30.5 Å². The first-order chi connectivity index (χ1) is 11.8. The number of rotatable bonds is 5. The second-order valence-corrected chi connectivity index (χ2v) is 6.34. The Morgan fingerprint density at radius 3 is 2.50 bits per heavy atom. The molecule has 0 atom stereocenters. The molecule has 2 aromatic rings. The number of nitrogens with one attached hydrogen (secondary N) is 1. The molecule has 0 bridgehead atoms. The van der Waals surface area contributed by atoms with Gasteiger partial charge in [-0.05, 0) is 48.2 Å². The molecule has 0 unspecified atom stereocenters. The van der Waals surface area contributed by atoms with E-state index in [4.69, 9.17) is 5.26 Å². The molecule has 0 amide bonds. The molecule has 1 aliphatic heterocycles. The van der Waals surface area contributed by atoms with Crippen LogP contribution in [0.1, 0.15) is 42.4 Å². The Hall–Kier alpha value is -2.38. The highest BCUT2D eigenvalue weighted by molar-refractivity contribution is 5.41. The van der Waals surface area contributed by atoms with Crippen LogP contribution in [0.4, 0.5) is 5.82 Å². The van der Waals surface area contributed by atoms with E-state index in [1.165, 1.54) is 31.2 Å². The first kappa shape index (κ1) is 16.5. The normalized spacial score (nSPS) is 14.9. The molecule has 4 nitrogen and oxygen atoms in total. The molecule has 1 fully saturated rings. The number of nitrogens with zero attached hydrogens (tertiary/aromatic N) is 3. The standard InChI is InChI=1S/C20H24N4/c21-14-17-6-5-7-18(12-17)15-22-16-19-8-9-23-20(13-19)24-10-3-1-2-4-11-24/h5-9,12-13,22H,1-4,10-11,15-16H2. The van der Waals surface area contributed by atoms with Crippen molar-refractivity contribution in [1.29, 1.82) is 5.26 Å². The Labute approximate surface area is 144 Å². The number of nitriles is 1. The molecule has 1 aliphatic rings. The summed E-state index contributed by atoms with van der Waals surface area (Å²) in [5.74, 6) is 1.10. The first-order valence-corrected chi connectivity index (χ1v) is 8.75. The second-order valence-electron chi connectivity index (χ2n) is 6.34. The van der Waals surface area contributed by atoms with E-state index in [2.05, 4.69) is 33.4 Å². The number of aromatic nitrogens is 1. The minimum Gasteiger partial charge on any atom is -0.357 e. The molecule has 1 N–H and O–H groups in total. The maximum atomic E-state index is 8.96. The summed E-state index contributed by atoms with van der Waals surface area (Å²) in [6.45, 7) is 3.80. The number of benzene rings is 1. The SMILES string of the molecule is N#Cc1cccc(CNCc2ccnc(N3CCCCCC3)c2)c1. The van der Waals surface area contributed by atoms with Gasteiger partial charge in [0.15, 0.2) is 0 Å². The fourth-order valence-electron chi connectivity index (χ4n) is 3.15. The lowest BCUT2D eigenvalue weighted by Crippen LogP contribution is -2.25. The molecule has 0 radical (unpaired) electrons. The third-order valence-corrected chi connectivity index (χ3v) is 4.45. The Kier molecular flexibility index (Phi) is 5.81. The summed E-state index contributed by atoms with van der Waals surface area (Å²) in [5.41, 5.74) is 3.10. The predicted molar refractivity (Wildman–Crippen MR) is 96.6 cm³/mol. The van der Waals surface area contributed by atoms with Crippen LogP contribution < -0.4 is 10.2 Å². The van der Waals surface area contributed by atoms with Crippen molar-refractivity contribution in [2.45, 2.75) is 38.8 Å². The van der Waals surface area contributed by atoms with Crippen molar-refractivity contribution in [3.05, 3.63) is 59.3 Å². The lowest BCUT2D eigenvalue weighted by atomic mass is 10.1. The Morgan fingerprint density at radius 1 is 1.00 bits per heavy atom. The van der Waals surface area contributed by atoms with Gasteiger partial charge in [-0.15, -0.1) is 0 Å². The third-order valence-electron chi connectivity index (χ3n) is 4.45. The smallest absolute Gasteiger partial charge is 0.128 e. The number of anilines is 1. The summed E-state index contributed by atoms with van der Waals surface area (Å²) in [7, 11) is 0. The van der Waals surface area contributed by atoms with Crippen LogP contribution in [-0.4, -0.2) is 18.1 Å². The van der Waals surface area contributed by atoms with Crippen LogP contribution in [0.2, 0.25) is 0 Å². The zero-order valence-electron chi connectivity index (χ0n) is 14.0. The highest BCUT2D eigenvalue weighted by Gasteiger charge is 2.11. The van der Waals surface area contributed by atoms with Gasteiger partial charge in [0, 0.05) is 32.4 Å². The summed E-state index contributed by atoms with van der Waals surface area (Å²) in [6, 6.07) is 14.2. The largest absolute Gasteiger partial charge is 0.357 e. The highest BCUT2D eigenvalue weighted by atomic mass is 15.2. The van der Waals surface area contributed by atoms with Crippen LogP contribution in [0, 0.1) is 11.3 Å². The fraction of sp³-hybridized carbons (Fsp3) is 0.400. The van der Waals surface area contributed by atoms with Gasteiger partial charge in [-0.1, -0.05) is 25.0 Å². The molecule has 24 heavy (non-hydrogen) atoms. The number of hydrogen-bond acceptors (Lipinski definition) is 4. The minimum atomic E-state index is 0.710. The summed E-state index contributed by atoms with van der Waals surface area (Å²) in [5, 5.41) is 12.4. The van der Waals surface area contributed by atoms with Crippen molar-refractivity contribution in [2.75, 3.05) is 18.0 Å². The first-order valence-electron chi connectivity index (χ1n) is 8.75. The lowest BCUT2D eigenvalue weighted by molar-refractivity contribution is 0.691. The average molecular weight is 320 g/mol. The number of hydrogen-bond donors (Lipinski definition) is 1. The monoisotopic (exact) mass is 320 g/mol. The fourth-order valence-corrected chi connectivity index (χ4v) is 3.15. The third kappa shape index (κ3) is 4.56. The molecule has 4 heteroatoms. The summed E-state index contributed by atoms with van der Waals surface area (Å²) >= 11 is 0. The van der Waals surface area contributed by atoms with E-state index < -0.39 is 0 Å². The highest BCUT2D eigenvalue weighted by Crippen LogP contribution is 2.18. The average Bonchev–Trinajstić information content (AvgIpc) is 2.92. The van der Waals surface area contributed by atoms with E-state index in [9.17, 15) is 0 Å². The zero-order chi connectivity index (χ0) is 16.6. The van der Waals surface area contributed by atoms with E-state index in [0.717, 1.165) is 37.6 Å². The van der Waals surface area contributed by atoms with Crippen molar-refractivity contribution in [3.8, 4) is 6.07 Å². The van der Waals surface area contributed by atoms with Gasteiger partial charge in [-0.3, -0.25) is 0 Å². The molecule has 1 saturated heterocycles. The van der Waals surface area contributed by atoms with Gasteiger partial charge >= 0.3 is 0 Å². The van der Waals surface area contributed by atoms with E-state index in [-0.39, 0.29) is 0 Å². The van der Waals surface area contributed by atoms with Crippen LogP contribution in [0.5, 0.6) is 0 Å². The van der Waals surface area contributed by atoms with Gasteiger partial charge in [0.25, 0.3) is 0 Å². The van der Waals surface area contributed by atoms with Crippen molar-refractivity contribution in [1.82, 2.24) is 10.3 Å². The Balaban J connectivity index is 1.57. The zero-order valence-corrected chi connectivity index (χ0v) is 14.0. The quantitative estimate of drug-likeness (QED) is 0.914. The molecule has 124 valence electrons. The molecule has 1 aromatic heterocycles. The molecule has 2 heterocycles. The van der Waals surface area contributed by atoms with Gasteiger partial charge in [0.05, 0.1) is 11.6 Å².